The van der Waals surface area contributed by atoms with Gasteiger partial charge in [0.25, 0.3) is 0 Å². The Morgan fingerprint density at radius 2 is 2.06 bits per heavy atom. The highest BCUT2D eigenvalue weighted by Gasteiger charge is 2.14. The van der Waals surface area contributed by atoms with E-state index < -0.39 is 0 Å². The van der Waals surface area contributed by atoms with Crippen molar-refractivity contribution in [3.63, 3.8) is 0 Å². The second kappa shape index (κ2) is 7.16. The molecular weight excluding hydrogens is 300 g/mol. The zero-order valence-electron chi connectivity index (χ0n) is 10.4. The predicted molar refractivity (Wildman–Crippen MR) is 70.4 cm³/mol. The molecule has 0 aliphatic rings. The number of hydrogen-bond donors (Lipinski definition) is 0. The van der Waals surface area contributed by atoms with Gasteiger partial charge in [-0.15, -0.1) is 0 Å². The molecule has 0 aromatic heterocycles. The number of benzene rings is 1. The van der Waals surface area contributed by atoms with E-state index in [4.69, 9.17) is 4.74 Å². The minimum atomic E-state index is -0.376. The summed E-state index contributed by atoms with van der Waals surface area (Å²) >= 11 is 3.31. The van der Waals surface area contributed by atoms with Crippen LogP contribution in [0.25, 0.3) is 0 Å². The monoisotopic (exact) mass is 314 g/mol. The quantitative estimate of drug-likeness (QED) is 0.784. The molecular formula is C13H15BrO4. The molecule has 0 fully saturated rings. The minimum Gasteiger partial charge on any atom is -0.469 e. The van der Waals surface area contributed by atoms with Crippen molar-refractivity contribution in [2.45, 2.75) is 19.8 Å². The van der Waals surface area contributed by atoms with Crippen LogP contribution >= 0.6 is 15.9 Å². The summed E-state index contributed by atoms with van der Waals surface area (Å²) in [7, 11) is 1.34. The Balaban J connectivity index is 2.89. The van der Waals surface area contributed by atoms with Crippen molar-refractivity contribution in [1.82, 2.24) is 0 Å². The lowest BCUT2D eigenvalue weighted by atomic mass is 10.0. The Morgan fingerprint density at radius 3 is 2.67 bits per heavy atom. The fourth-order valence-corrected chi connectivity index (χ4v) is 1.87. The lowest BCUT2D eigenvalue weighted by Crippen LogP contribution is -2.10. The van der Waals surface area contributed by atoms with E-state index in [9.17, 15) is 9.59 Å². The molecule has 0 saturated heterocycles. The SMILES string of the molecule is CCOC(=O)c1cc(Br)ccc1CCC(=O)OC. The Hall–Kier alpha value is -1.36. The molecule has 4 nitrogen and oxygen atoms in total. The van der Waals surface area contributed by atoms with Crippen LogP contribution < -0.4 is 0 Å². The van der Waals surface area contributed by atoms with E-state index in [-0.39, 0.29) is 18.4 Å². The third kappa shape index (κ3) is 4.14. The Morgan fingerprint density at radius 1 is 1.33 bits per heavy atom. The number of hydrogen-bond acceptors (Lipinski definition) is 4. The van der Waals surface area contributed by atoms with Crippen molar-refractivity contribution >= 4 is 27.9 Å². The second-order valence-corrected chi connectivity index (χ2v) is 4.51. The van der Waals surface area contributed by atoms with Crippen LogP contribution in [0.3, 0.4) is 0 Å². The van der Waals surface area contributed by atoms with Gasteiger partial charge in [0.05, 0.1) is 19.3 Å². The van der Waals surface area contributed by atoms with Crippen LogP contribution in [0.15, 0.2) is 22.7 Å². The molecule has 98 valence electrons. The first-order chi connectivity index (χ1) is 8.58. The molecule has 0 aliphatic carbocycles. The molecule has 1 rings (SSSR count). The average Bonchev–Trinajstić information content (AvgIpc) is 2.37. The number of esters is 2. The maximum absolute atomic E-state index is 11.8. The number of methoxy groups -OCH3 is 1. The lowest BCUT2D eigenvalue weighted by Gasteiger charge is -2.09. The van der Waals surface area contributed by atoms with Crippen molar-refractivity contribution in [1.29, 1.82) is 0 Å². The Bertz CT molecular complexity index is 443. The fourth-order valence-electron chi connectivity index (χ4n) is 1.50. The highest BCUT2D eigenvalue weighted by atomic mass is 79.9. The number of carbonyl (C=O) groups is 2. The van der Waals surface area contributed by atoms with E-state index in [0.29, 0.717) is 18.6 Å². The molecule has 0 N–H and O–H groups in total. The molecule has 1 aromatic carbocycles. The topological polar surface area (TPSA) is 52.6 Å². The average molecular weight is 315 g/mol. The van der Waals surface area contributed by atoms with Gasteiger partial charge in [0.15, 0.2) is 0 Å². The summed E-state index contributed by atoms with van der Waals surface area (Å²) in [6, 6.07) is 5.33. The molecule has 0 atom stereocenters. The summed E-state index contributed by atoms with van der Waals surface area (Å²) in [6.45, 7) is 2.08. The standard InChI is InChI=1S/C13H15BrO4/c1-3-18-13(16)11-8-10(14)6-4-9(11)5-7-12(15)17-2/h4,6,8H,3,5,7H2,1-2H3. The van der Waals surface area contributed by atoms with Crippen LogP contribution in [-0.4, -0.2) is 25.7 Å². The highest BCUT2D eigenvalue weighted by molar-refractivity contribution is 9.10. The van der Waals surface area contributed by atoms with Crippen molar-refractivity contribution < 1.29 is 19.1 Å². The number of halogens is 1. The summed E-state index contributed by atoms with van der Waals surface area (Å²) < 4.78 is 10.4. The van der Waals surface area contributed by atoms with E-state index in [1.54, 1.807) is 19.1 Å². The molecule has 0 saturated carbocycles. The number of carbonyl (C=O) groups excluding carboxylic acids is 2. The first-order valence-corrected chi connectivity index (χ1v) is 6.40. The first-order valence-electron chi connectivity index (χ1n) is 5.60. The molecule has 0 unspecified atom stereocenters. The molecule has 1 aromatic rings. The van der Waals surface area contributed by atoms with E-state index in [1.165, 1.54) is 7.11 Å². The van der Waals surface area contributed by atoms with Gasteiger partial charge in [-0.1, -0.05) is 22.0 Å². The molecule has 0 amide bonds. The van der Waals surface area contributed by atoms with Crippen molar-refractivity contribution in [3.8, 4) is 0 Å². The summed E-state index contributed by atoms with van der Waals surface area (Å²) in [5.74, 6) is -0.675. The zero-order chi connectivity index (χ0) is 13.5. The van der Waals surface area contributed by atoms with E-state index >= 15 is 0 Å². The van der Waals surface area contributed by atoms with Gasteiger partial charge in [-0.05, 0) is 31.0 Å². The van der Waals surface area contributed by atoms with Crippen LogP contribution in [-0.2, 0) is 20.7 Å². The van der Waals surface area contributed by atoms with Crippen LogP contribution in [0, 0.1) is 0 Å². The van der Waals surface area contributed by atoms with E-state index in [0.717, 1.165) is 10.0 Å². The molecule has 0 spiro atoms. The molecule has 5 heteroatoms. The summed E-state index contributed by atoms with van der Waals surface area (Å²) in [6.07, 6.45) is 0.693. The van der Waals surface area contributed by atoms with Crippen molar-refractivity contribution in [3.05, 3.63) is 33.8 Å². The van der Waals surface area contributed by atoms with Gasteiger partial charge in [-0.25, -0.2) is 4.79 Å². The number of rotatable bonds is 5. The molecule has 0 heterocycles. The third-order valence-corrected chi connectivity index (χ3v) is 2.89. The minimum absolute atomic E-state index is 0.241. The van der Waals surface area contributed by atoms with Gasteiger partial charge in [0.1, 0.15) is 0 Å². The third-order valence-electron chi connectivity index (χ3n) is 2.39. The predicted octanol–water partition coefficient (Wildman–Crippen LogP) is 2.73. The van der Waals surface area contributed by atoms with Gasteiger partial charge in [0.2, 0.25) is 0 Å². The fraction of sp³-hybridized carbons (Fsp3) is 0.385. The van der Waals surface area contributed by atoms with Gasteiger partial charge in [0, 0.05) is 10.9 Å². The normalized spacial score (nSPS) is 9.94. The molecule has 0 bridgehead atoms. The van der Waals surface area contributed by atoms with E-state index in [1.807, 2.05) is 6.07 Å². The largest absolute Gasteiger partial charge is 0.469 e. The smallest absolute Gasteiger partial charge is 0.338 e. The van der Waals surface area contributed by atoms with Gasteiger partial charge >= 0.3 is 11.9 Å². The number of aryl methyl sites for hydroxylation is 1. The maximum atomic E-state index is 11.8. The van der Waals surface area contributed by atoms with Crippen molar-refractivity contribution in [2.75, 3.05) is 13.7 Å². The summed E-state index contributed by atoms with van der Waals surface area (Å²) in [5.41, 5.74) is 1.26. The Labute approximate surface area is 114 Å². The van der Waals surface area contributed by atoms with Crippen LogP contribution in [0.5, 0.6) is 0 Å². The summed E-state index contributed by atoms with van der Waals surface area (Å²) in [5, 5.41) is 0. The van der Waals surface area contributed by atoms with Crippen LogP contribution in [0.4, 0.5) is 0 Å². The molecule has 18 heavy (non-hydrogen) atoms. The summed E-state index contributed by atoms with van der Waals surface area (Å²) in [4.78, 5) is 22.9. The van der Waals surface area contributed by atoms with Crippen LogP contribution in [0.1, 0.15) is 29.3 Å². The van der Waals surface area contributed by atoms with Gasteiger partial charge in [-0.2, -0.15) is 0 Å². The maximum Gasteiger partial charge on any atom is 0.338 e. The highest BCUT2D eigenvalue weighted by Crippen LogP contribution is 2.19. The lowest BCUT2D eigenvalue weighted by molar-refractivity contribution is -0.140. The second-order valence-electron chi connectivity index (χ2n) is 3.60. The number of ether oxygens (including phenoxy) is 2. The molecule has 0 aliphatic heterocycles. The Kier molecular flexibility index (Phi) is 5.85. The zero-order valence-corrected chi connectivity index (χ0v) is 12.0. The first kappa shape index (κ1) is 14.7. The van der Waals surface area contributed by atoms with Crippen LogP contribution in [0.2, 0.25) is 0 Å². The van der Waals surface area contributed by atoms with Crippen molar-refractivity contribution in [2.24, 2.45) is 0 Å². The van der Waals surface area contributed by atoms with Gasteiger partial charge < -0.3 is 9.47 Å². The van der Waals surface area contributed by atoms with Gasteiger partial charge in [-0.3, -0.25) is 4.79 Å². The van der Waals surface area contributed by atoms with E-state index in [2.05, 4.69) is 20.7 Å². The molecule has 0 radical (unpaired) electrons.